The highest BCUT2D eigenvalue weighted by Gasteiger charge is 2.31. The lowest BCUT2D eigenvalue weighted by atomic mass is 10.0. The zero-order valence-electron chi connectivity index (χ0n) is 18.8. The van der Waals surface area contributed by atoms with Crippen LogP contribution in [0.1, 0.15) is 41.4 Å². The molecule has 5 rings (SSSR count). The molecule has 2 atom stereocenters. The molecule has 0 bridgehead atoms. The molecule has 0 unspecified atom stereocenters. The van der Waals surface area contributed by atoms with Gasteiger partial charge in [0.15, 0.2) is 5.82 Å². The van der Waals surface area contributed by atoms with E-state index in [0.717, 1.165) is 64.5 Å². The van der Waals surface area contributed by atoms with Gasteiger partial charge in [-0.1, -0.05) is 60.2 Å². The fraction of sp³-hybridized carbons (Fsp3) is 0.480. The minimum absolute atomic E-state index is 0.0471. The van der Waals surface area contributed by atoms with Crippen LogP contribution in [0.25, 0.3) is 0 Å². The summed E-state index contributed by atoms with van der Waals surface area (Å²) in [6.45, 7) is 8.72. The SMILES string of the molecule is Cc1ccc([C@H](c2nnnn2C[C@@H]2CCCO2)N2CCN(Cc3ccccc3)CC2)cc1. The van der Waals surface area contributed by atoms with E-state index in [1.165, 1.54) is 16.7 Å². The molecular weight excluding hydrogens is 400 g/mol. The minimum Gasteiger partial charge on any atom is -0.376 e. The maximum atomic E-state index is 5.86. The predicted octanol–water partition coefficient (Wildman–Crippen LogP) is 3.07. The number of rotatable bonds is 7. The standard InChI is InChI=1S/C25H32N6O/c1-20-9-11-22(12-10-20)24(25-26-27-28-31(25)19-23-8-5-17-32-23)30-15-13-29(14-16-30)18-21-6-3-2-4-7-21/h2-4,6-7,9-12,23-24H,5,8,13-19H2,1H3/t23-,24+/m0/s1. The number of hydrogen-bond donors (Lipinski definition) is 0. The number of nitrogens with zero attached hydrogens (tertiary/aromatic N) is 6. The molecule has 1 aromatic heterocycles. The van der Waals surface area contributed by atoms with Crippen LogP contribution >= 0.6 is 0 Å². The molecule has 2 aliphatic rings. The Kier molecular flexibility index (Phi) is 6.57. The van der Waals surface area contributed by atoms with Crippen molar-refractivity contribution < 1.29 is 4.74 Å². The van der Waals surface area contributed by atoms with Crippen LogP contribution in [0.2, 0.25) is 0 Å². The predicted molar refractivity (Wildman–Crippen MR) is 123 cm³/mol. The van der Waals surface area contributed by atoms with Gasteiger partial charge < -0.3 is 4.74 Å². The summed E-state index contributed by atoms with van der Waals surface area (Å²) < 4.78 is 7.83. The minimum atomic E-state index is 0.0471. The smallest absolute Gasteiger partial charge is 0.173 e. The second-order valence-corrected chi connectivity index (χ2v) is 8.97. The van der Waals surface area contributed by atoms with E-state index >= 15 is 0 Å². The van der Waals surface area contributed by atoms with E-state index in [0.29, 0.717) is 0 Å². The molecule has 32 heavy (non-hydrogen) atoms. The van der Waals surface area contributed by atoms with E-state index in [1.807, 2.05) is 4.68 Å². The third-order valence-electron chi connectivity index (χ3n) is 6.62. The van der Waals surface area contributed by atoms with E-state index in [1.54, 1.807) is 0 Å². The number of hydrogen-bond acceptors (Lipinski definition) is 6. The third kappa shape index (κ3) is 4.90. The van der Waals surface area contributed by atoms with Gasteiger partial charge in [-0.15, -0.1) is 5.10 Å². The van der Waals surface area contributed by atoms with Crippen molar-refractivity contribution in [1.82, 2.24) is 30.0 Å². The molecule has 3 heterocycles. The largest absolute Gasteiger partial charge is 0.376 e. The topological polar surface area (TPSA) is 59.3 Å². The van der Waals surface area contributed by atoms with Crippen molar-refractivity contribution in [1.29, 1.82) is 0 Å². The van der Waals surface area contributed by atoms with Gasteiger partial charge in [0.2, 0.25) is 0 Å². The first-order valence-electron chi connectivity index (χ1n) is 11.7. The molecule has 2 fully saturated rings. The van der Waals surface area contributed by atoms with Crippen LogP contribution in [0.4, 0.5) is 0 Å². The van der Waals surface area contributed by atoms with Crippen molar-refractivity contribution in [2.24, 2.45) is 0 Å². The van der Waals surface area contributed by atoms with Gasteiger partial charge in [-0.25, -0.2) is 4.68 Å². The van der Waals surface area contributed by atoms with E-state index in [2.05, 4.69) is 86.8 Å². The van der Waals surface area contributed by atoms with Crippen LogP contribution in [0.15, 0.2) is 54.6 Å². The monoisotopic (exact) mass is 432 g/mol. The molecule has 3 aromatic rings. The molecule has 168 valence electrons. The Morgan fingerprint density at radius 2 is 1.78 bits per heavy atom. The molecule has 2 saturated heterocycles. The average Bonchev–Trinajstić information content (AvgIpc) is 3.50. The summed E-state index contributed by atoms with van der Waals surface area (Å²) >= 11 is 0. The van der Waals surface area contributed by atoms with Gasteiger partial charge in [-0.2, -0.15) is 0 Å². The molecule has 0 N–H and O–H groups in total. The van der Waals surface area contributed by atoms with Crippen LogP contribution in [-0.2, 0) is 17.8 Å². The molecule has 2 aromatic carbocycles. The van der Waals surface area contributed by atoms with Crippen LogP contribution < -0.4 is 0 Å². The average molecular weight is 433 g/mol. The van der Waals surface area contributed by atoms with Crippen molar-refractivity contribution in [3.05, 3.63) is 77.1 Å². The van der Waals surface area contributed by atoms with Crippen molar-refractivity contribution in [2.45, 2.75) is 45.0 Å². The third-order valence-corrected chi connectivity index (χ3v) is 6.62. The van der Waals surface area contributed by atoms with E-state index in [4.69, 9.17) is 4.74 Å². The fourth-order valence-corrected chi connectivity index (χ4v) is 4.81. The molecular formula is C25H32N6O. The second kappa shape index (κ2) is 9.90. The summed E-state index contributed by atoms with van der Waals surface area (Å²) in [4.78, 5) is 5.07. The summed E-state index contributed by atoms with van der Waals surface area (Å²) in [5.74, 6) is 0.917. The van der Waals surface area contributed by atoms with Crippen molar-refractivity contribution in [2.75, 3.05) is 32.8 Å². The van der Waals surface area contributed by atoms with E-state index in [9.17, 15) is 0 Å². The lowest BCUT2D eigenvalue weighted by Gasteiger charge is -2.39. The van der Waals surface area contributed by atoms with Gasteiger partial charge in [-0.3, -0.25) is 9.80 Å². The van der Waals surface area contributed by atoms with Crippen molar-refractivity contribution in [3.63, 3.8) is 0 Å². The number of tetrazole rings is 1. The molecule has 0 spiro atoms. The van der Waals surface area contributed by atoms with Crippen molar-refractivity contribution >= 4 is 0 Å². The van der Waals surface area contributed by atoms with Crippen LogP contribution in [0.3, 0.4) is 0 Å². The van der Waals surface area contributed by atoms with Gasteiger partial charge in [-0.05, 0) is 41.3 Å². The first-order chi connectivity index (χ1) is 15.8. The summed E-state index contributed by atoms with van der Waals surface area (Å²) in [6, 6.07) is 19.6. The molecule has 0 saturated carbocycles. The second-order valence-electron chi connectivity index (χ2n) is 8.97. The first-order valence-corrected chi connectivity index (χ1v) is 11.7. The molecule has 2 aliphatic heterocycles. The Bertz CT molecular complexity index is 975. The maximum absolute atomic E-state index is 5.86. The lowest BCUT2D eigenvalue weighted by Crippen LogP contribution is -2.48. The molecule has 7 heteroatoms. The highest BCUT2D eigenvalue weighted by atomic mass is 16.5. The number of ether oxygens (including phenoxy) is 1. The summed E-state index contributed by atoms with van der Waals surface area (Å²) in [5.41, 5.74) is 3.88. The Morgan fingerprint density at radius 3 is 2.50 bits per heavy atom. The number of benzene rings is 2. The highest BCUT2D eigenvalue weighted by Crippen LogP contribution is 2.29. The van der Waals surface area contributed by atoms with Crippen molar-refractivity contribution in [3.8, 4) is 0 Å². The lowest BCUT2D eigenvalue weighted by molar-refractivity contribution is 0.0841. The van der Waals surface area contributed by atoms with Gasteiger partial charge in [0.05, 0.1) is 18.7 Å². The quantitative estimate of drug-likeness (QED) is 0.572. The molecule has 0 aliphatic carbocycles. The summed E-state index contributed by atoms with van der Waals surface area (Å²) in [5, 5.41) is 12.9. The normalized spacial score (nSPS) is 21.1. The Labute approximate surface area is 190 Å². The Balaban J connectivity index is 1.35. The van der Waals surface area contributed by atoms with Gasteiger partial charge in [0, 0.05) is 39.3 Å². The fourth-order valence-electron chi connectivity index (χ4n) is 4.81. The zero-order valence-corrected chi connectivity index (χ0v) is 18.8. The highest BCUT2D eigenvalue weighted by molar-refractivity contribution is 5.28. The van der Waals surface area contributed by atoms with Gasteiger partial charge >= 0.3 is 0 Å². The number of aryl methyl sites for hydroxylation is 1. The van der Waals surface area contributed by atoms with Gasteiger partial charge in [0.25, 0.3) is 0 Å². The number of aromatic nitrogens is 4. The Hall–Kier alpha value is -2.61. The van der Waals surface area contributed by atoms with Gasteiger partial charge in [0.1, 0.15) is 0 Å². The first kappa shape index (κ1) is 21.2. The van der Waals surface area contributed by atoms with E-state index < -0.39 is 0 Å². The number of piperazine rings is 1. The molecule has 0 radical (unpaired) electrons. The molecule has 7 nitrogen and oxygen atoms in total. The van der Waals surface area contributed by atoms with Crippen LogP contribution in [0, 0.1) is 6.92 Å². The summed E-state index contributed by atoms with van der Waals surface area (Å²) in [6.07, 6.45) is 2.40. The zero-order chi connectivity index (χ0) is 21.8. The van der Waals surface area contributed by atoms with Crippen LogP contribution in [0.5, 0.6) is 0 Å². The molecule has 0 amide bonds. The Morgan fingerprint density at radius 1 is 1.00 bits per heavy atom. The maximum Gasteiger partial charge on any atom is 0.173 e. The van der Waals surface area contributed by atoms with E-state index in [-0.39, 0.29) is 12.1 Å². The van der Waals surface area contributed by atoms with Crippen LogP contribution in [-0.4, -0.2) is 68.9 Å². The summed E-state index contributed by atoms with van der Waals surface area (Å²) in [7, 11) is 0.